The van der Waals surface area contributed by atoms with Gasteiger partial charge in [0.05, 0.1) is 5.56 Å². The average molecular weight is 167 g/mol. The van der Waals surface area contributed by atoms with Crippen LogP contribution >= 0.6 is 0 Å². The van der Waals surface area contributed by atoms with Crippen LogP contribution in [0.1, 0.15) is 17.3 Å². The number of rotatable bonds is 2. The van der Waals surface area contributed by atoms with Crippen molar-refractivity contribution < 1.29 is 4.79 Å². The van der Waals surface area contributed by atoms with Crippen LogP contribution in [-0.4, -0.2) is 15.8 Å². The first-order valence-electron chi connectivity index (χ1n) is 3.51. The van der Waals surface area contributed by atoms with Gasteiger partial charge in [-0.05, 0) is 6.92 Å². The molecular formula is C7H9N3O2. The first kappa shape index (κ1) is 8.45. The zero-order valence-corrected chi connectivity index (χ0v) is 6.65. The molecule has 1 aromatic heterocycles. The molecule has 0 bridgehead atoms. The third kappa shape index (κ3) is 1.20. The number of anilines is 1. The summed E-state index contributed by atoms with van der Waals surface area (Å²) in [6, 6.07) is 0. The van der Waals surface area contributed by atoms with Crippen LogP contribution in [0.15, 0.2) is 11.0 Å². The van der Waals surface area contributed by atoms with Crippen LogP contribution in [0.25, 0.3) is 0 Å². The van der Waals surface area contributed by atoms with Crippen LogP contribution in [0, 0.1) is 0 Å². The molecule has 0 aliphatic rings. The van der Waals surface area contributed by atoms with Crippen LogP contribution in [0.5, 0.6) is 0 Å². The molecule has 1 rings (SSSR count). The summed E-state index contributed by atoms with van der Waals surface area (Å²) in [7, 11) is 0. The van der Waals surface area contributed by atoms with Crippen LogP contribution in [0.2, 0.25) is 0 Å². The Morgan fingerprint density at radius 1 is 1.75 bits per heavy atom. The van der Waals surface area contributed by atoms with E-state index in [-0.39, 0.29) is 11.4 Å². The predicted octanol–water partition coefficient (Wildman–Crippen LogP) is -0.342. The number of aromatic nitrogens is 2. The van der Waals surface area contributed by atoms with Gasteiger partial charge in [-0.2, -0.15) is 0 Å². The normalized spacial score (nSPS) is 9.75. The molecule has 5 nitrogen and oxygen atoms in total. The van der Waals surface area contributed by atoms with Crippen molar-refractivity contribution >= 4 is 12.1 Å². The Balaban J connectivity index is 3.44. The second-order valence-electron chi connectivity index (χ2n) is 2.24. The monoisotopic (exact) mass is 167 g/mol. The van der Waals surface area contributed by atoms with Crippen molar-refractivity contribution in [1.29, 1.82) is 0 Å². The number of aldehydes is 1. The predicted molar refractivity (Wildman–Crippen MR) is 44.0 cm³/mol. The number of nitrogens with zero attached hydrogens (tertiary/aromatic N) is 2. The van der Waals surface area contributed by atoms with E-state index >= 15 is 0 Å². The van der Waals surface area contributed by atoms with Crippen LogP contribution in [-0.2, 0) is 6.54 Å². The van der Waals surface area contributed by atoms with E-state index in [1.54, 1.807) is 6.92 Å². The number of hydrogen-bond donors (Lipinski definition) is 1. The van der Waals surface area contributed by atoms with Gasteiger partial charge in [0, 0.05) is 12.7 Å². The number of hydrogen-bond acceptors (Lipinski definition) is 4. The minimum Gasteiger partial charge on any atom is -0.384 e. The summed E-state index contributed by atoms with van der Waals surface area (Å²) in [5, 5.41) is 0. The van der Waals surface area contributed by atoms with E-state index < -0.39 is 5.69 Å². The third-order valence-electron chi connectivity index (χ3n) is 1.57. The number of nitrogens with two attached hydrogens (primary N) is 1. The summed E-state index contributed by atoms with van der Waals surface area (Å²) >= 11 is 0. The molecular weight excluding hydrogens is 158 g/mol. The Kier molecular flexibility index (Phi) is 2.23. The molecule has 0 saturated carbocycles. The van der Waals surface area contributed by atoms with Gasteiger partial charge in [-0.3, -0.25) is 9.36 Å². The lowest BCUT2D eigenvalue weighted by Gasteiger charge is -2.05. The van der Waals surface area contributed by atoms with E-state index in [1.807, 2.05) is 0 Å². The van der Waals surface area contributed by atoms with Crippen molar-refractivity contribution in [3.8, 4) is 0 Å². The van der Waals surface area contributed by atoms with Gasteiger partial charge in [0.15, 0.2) is 6.29 Å². The van der Waals surface area contributed by atoms with E-state index in [4.69, 9.17) is 5.73 Å². The molecule has 2 N–H and O–H groups in total. The van der Waals surface area contributed by atoms with Gasteiger partial charge in [-0.1, -0.05) is 0 Å². The summed E-state index contributed by atoms with van der Waals surface area (Å²) in [5.74, 6) is 0.174. The fourth-order valence-corrected chi connectivity index (χ4v) is 0.916. The Morgan fingerprint density at radius 3 is 2.92 bits per heavy atom. The summed E-state index contributed by atoms with van der Waals surface area (Å²) in [4.78, 5) is 24.8. The van der Waals surface area contributed by atoms with Gasteiger partial charge >= 0.3 is 5.69 Å². The van der Waals surface area contributed by atoms with Gasteiger partial charge in [-0.15, -0.1) is 0 Å². The van der Waals surface area contributed by atoms with E-state index in [0.717, 1.165) is 0 Å². The molecule has 1 heterocycles. The molecule has 0 saturated heterocycles. The standard InChI is InChI=1S/C7H9N3O2/c1-2-10-6(8)5(4-11)3-9-7(10)12/h3-4H,2,8H2,1H3. The zero-order valence-electron chi connectivity index (χ0n) is 6.65. The van der Waals surface area contributed by atoms with Crippen molar-refractivity contribution in [3.05, 3.63) is 22.2 Å². The third-order valence-corrected chi connectivity index (χ3v) is 1.57. The SMILES string of the molecule is CCn1c(N)c(C=O)cnc1=O. The van der Waals surface area contributed by atoms with Gasteiger partial charge < -0.3 is 5.73 Å². The molecule has 0 aromatic carbocycles. The minimum absolute atomic E-state index is 0.174. The van der Waals surface area contributed by atoms with Gasteiger partial charge in [-0.25, -0.2) is 9.78 Å². The molecule has 0 unspecified atom stereocenters. The molecule has 0 aliphatic heterocycles. The molecule has 0 amide bonds. The highest BCUT2D eigenvalue weighted by Gasteiger charge is 2.04. The maximum absolute atomic E-state index is 11.0. The Hall–Kier alpha value is -1.65. The number of carbonyl (C=O) groups is 1. The Bertz CT molecular complexity index is 356. The van der Waals surface area contributed by atoms with Gasteiger partial charge in [0.1, 0.15) is 5.82 Å². The van der Waals surface area contributed by atoms with Crippen molar-refractivity contribution in [2.24, 2.45) is 0 Å². The largest absolute Gasteiger partial charge is 0.384 e. The minimum atomic E-state index is -0.430. The van der Waals surface area contributed by atoms with Gasteiger partial charge in [0.25, 0.3) is 0 Å². The second-order valence-corrected chi connectivity index (χ2v) is 2.24. The highest BCUT2D eigenvalue weighted by atomic mass is 16.1. The molecule has 0 fully saturated rings. The van der Waals surface area contributed by atoms with E-state index in [9.17, 15) is 9.59 Å². The summed E-state index contributed by atoms with van der Waals surface area (Å²) in [5.41, 5.74) is 5.31. The van der Waals surface area contributed by atoms with Crippen LogP contribution < -0.4 is 11.4 Å². The average Bonchev–Trinajstić information content (AvgIpc) is 2.06. The summed E-state index contributed by atoms with van der Waals surface area (Å²) in [6.45, 7) is 2.17. The lowest BCUT2D eigenvalue weighted by atomic mass is 10.3. The number of nitrogen functional groups attached to an aromatic ring is 1. The van der Waals surface area contributed by atoms with Crippen molar-refractivity contribution in [2.75, 3.05) is 5.73 Å². The molecule has 0 spiro atoms. The van der Waals surface area contributed by atoms with Crippen molar-refractivity contribution in [3.63, 3.8) is 0 Å². The van der Waals surface area contributed by atoms with Gasteiger partial charge in [0.2, 0.25) is 0 Å². The smallest absolute Gasteiger partial charge is 0.349 e. The molecule has 64 valence electrons. The summed E-state index contributed by atoms with van der Waals surface area (Å²) < 4.78 is 1.24. The van der Waals surface area contributed by atoms with E-state index in [1.165, 1.54) is 10.8 Å². The maximum atomic E-state index is 11.0. The van der Waals surface area contributed by atoms with Crippen molar-refractivity contribution in [1.82, 2.24) is 9.55 Å². The zero-order chi connectivity index (χ0) is 9.14. The quantitative estimate of drug-likeness (QED) is 0.611. The van der Waals surface area contributed by atoms with Crippen LogP contribution in [0.4, 0.5) is 5.82 Å². The second kappa shape index (κ2) is 3.17. The van der Waals surface area contributed by atoms with Crippen LogP contribution in [0.3, 0.4) is 0 Å². The Labute approximate surface area is 68.8 Å². The molecule has 5 heteroatoms. The van der Waals surface area contributed by atoms with E-state index in [2.05, 4.69) is 4.98 Å². The fourth-order valence-electron chi connectivity index (χ4n) is 0.916. The molecule has 1 aromatic rings. The fraction of sp³-hybridized carbons (Fsp3) is 0.286. The molecule has 0 aliphatic carbocycles. The highest BCUT2D eigenvalue weighted by Crippen LogP contribution is 2.02. The Morgan fingerprint density at radius 2 is 2.42 bits per heavy atom. The number of carbonyl (C=O) groups excluding carboxylic acids is 1. The lowest BCUT2D eigenvalue weighted by Crippen LogP contribution is -2.25. The molecule has 12 heavy (non-hydrogen) atoms. The first-order chi connectivity index (χ1) is 5.70. The van der Waals surface area contributed by atoms with Crippen molar-refractivity contribution in [2.45, 2.75) is 13.5 Å². The lowest BCUT2D eigenvalue weighted by molar-refractivity contribution is 0.112. The molecule has 0 atom stereocenters. The maximum Gasteiger partial charge on any atom is 0.349 e. The highest BCUT2D eigenvalue weighted by molar-refractivity contribution is 5.80. The topological polar surface area (TPSA) is 78.0 Å². The first-order valence-corrected chi connectivity index (χ1v) is 3.51. The van der Waals surface area contributed by atoms with E-state index in [0.29, 0.717) is 12.8 Å². The molecule has 0 radical (unpaired) electrons. The summed E-state index contributed by atoms with van der Waals surface area (Å²) in [6.07, 6.45) is 1.75.